The van der Waals surface area contributed by atoms with E-state index in [1.807, 2.05) is 11.8 Å². The molecular formula is C39H42F3N7O4. The van der Waals surface area contributed by atoms with Crippen LogP contribution >= 0.6 is 0 Å². The zero-order valence-electron chi connectivity index (χ0n) is 30.4. The summed E-state index contributed by atoms with van der Waals surface area (Å²) >= 11 is 0. The number of alkyl halides is 1. The lowest BCUT2D eigenvalue weighted by molar-refractivity contribution is -0.129. The number of anilines is 1. The number of likely N-dealkylation sites (tertiary alicyclic amines) is 1. The van der Waals surface area contributed by atoms with E-state index in [9.17, 15) is 14.0 Å². The number of terminal acetylenes is 1. The molecule has 0 radical (unpaired) electrons. The zero-order chi connectivity index (χ0) is 38.2. The van der Waals surface area contributed by atoms with E-state index >= 15 is 8.78 Å². The lowest BCUT2D eigenvalue weighted by Crippen LogP contribution is -2.51. The molecular weight excluding hydrogens is 687 g/mol. The maximum absolute atomic E-state index is 17.1. The molecule has 278 valence electrons. The van der Waals surface area contributed by atoms with Gasteiger partial charge in [-0.2, -0.15) is 9.97 Å². The fourth-order valence-corrected chi connectivity index (χ4v) is 7.30. The molecule has 53 heavy (non-hydrogen) atoms. The summed E-state index contributed by atoms with van der Waals surface area (Å²) in [5, 5.41) is 4.11. The Balaban J connectivity index is 1.50. The molecule has 1 aliphatic carbocycles. The molecule has 2 aromatic heterocycles. The maximum Gasteiger partial charge on any atom is 0.414 e. The third-order valence-corrected chi connectivity index (χ3v) is 10.6. The van der Waals surface area contributed by atoms with Crippen LogP contribution in [-0.4, -0.2) is 107 Å². The largest absolute Gasteiger partial charge is 0.461 e. The highest BCUT2D eigenvalue weighted by molar-refractivity contribution is 6.03. The molecule has 2 atom stereocenters. The smallest absolute Gasteiger partial charge is 0.414 e. The summed E-state index contributed by atoms with van der Waals surface area (Å²) in [6, 6.07) is 5.34. The first-order valence-electron chi connectivity index (χ1n) is 17.3. The molecule has 3 heterocycles. The van der Waals surface area contributed by atoms with Crippen molar-refractivity contribution in [3.05, 3.63) is 60.3 Å². The van der Waals surface area contributed by atoms with Crippen molar-refractivity contribution in [2.24, 2.45) is 0 Å². The van der Waals surface area contributed by atoms with E-state index in [-0.39, 0.29) is 82.7 Å². The highest BCUT2D eigenvalue weighted by Gasteiger charge is 2.42. The Morgan fingerprint density at radius 2 is 1.92 bits per heavy atom. The van der Waals surface area contributed by atoms with Crippen molar-refractivity contribution in [3.63, 3.8) is 0 Å². The molecule has 11 nitrogen and oxygen atoms in total. The number of hydrogen-bond donors (Lipinski definition) is 1. The Hall–Kier alpha value is -5.42. The number of likely N-dealkylation sites (N-methyl/N-ethyl adjacent to an activating group) is 2. The van der Waals surface area contributed by atoms with Gasteiger partial charge in [0, 0.05) is 57.8 Å². The Morgan fingerprint density at radius 1 is 1.19 bits per heavy atom. The van der Waals surface area contributed by atoms with Crippen molar-refractivity contribution in [2.45, 2.75) is 56.3 Å². The van der Waals surface area contributed by atoms with Crippen LogP contribution in [0.3, 0.4) is 0 Å². The molecule has 6 rings (SSSR count). The van der Waals surface area contributed by atoms with Gasteiger partial charge < -0.3 is 24.6 Å². The molecule has 0 spiro atoms. The van der Waals surface area contributed by atoms with Crippen LogP contribution in [0.15, 0.2) is 43.1 Å². The van der Waals surface area contributed by atoms with Crippen molar-refractivity contribution in [1.29, 1.82) is 0 Å². The number of aromatic nitrogens is 3. The number of carbonyl (C=O) groups excluding carboxylic acids is 2. The summed E-state index contributed by atoms with van der Waals surface area (Å²) in [5.41, 5.74) is -1.71. The lowest BCUT2D eigenvalue weighted by atomic mass is 9.95. The third-order valence-electron chi connectivity index (χ3n) is 10.6. The van der Waals surface area contributed by atoms with E-state index < -0.39 is 35.0 Å². The number of rotatable bonds is 10. The number of amides is 2. The molecule has 1 aliphatic heterocycles. The van der Waals surface area contributed by atoms with Gasteiger partial charge >= 0.3 is 12.1 Å². The van der Waals surface area contributed by atoms with E-state index in [0.717, 1.165) is 25.7 Å². The fourth-order valence-electron chi connectivity index (χ4n) is 7.30. The zero-order valence-corrected chi connectivity index (χ0v) is 30.4. The van der Waals surface area contributed by atoms with E-state index in [0.29, 0.717) is 5.39 Å². The summed E-state index contributed by atoms with van der Waals surface area (Å²) in [7, 11) is 6.56. The molecule has 2 aliphatic rings. The molecule has 14 heteroatoms. The Labute approximate surface area is 306 Å². The maximum atomic E-state index is 17.1. The molecule has 1 N–H and O–H groups in total. The molecule has 1 saturated carbocycles. The third kappa shape index (κ3) is 7.05. The monoisotopic (exact) mass is 729 g/mol. The number of carbonyl (C=O) groups is 2. The molecule has 2 amide bonds. The second kappa shape index (κ2) is 14.5. The number of ether oxygens (including phenoxy) is 2. The minimum Gasteiger partial charge on any atom is -0.461 e. The van der Waals surface area contributed by atoms with Crippen molar-refractivity contribution >= 4 is 39.5 Å². The quantitative estimate of drug-likeness (QED) is 0.148. The minimum atomic E-state index is -1.03. The van der Waals surface area contributed by atoms with Crippen LogP contribution in [0.2, 0.25) is 0 Å². The van der Waals surface area contributed by atoms with Gasteiger partial charge in [0.25, 0.3) is 0 Å². The molecule has 2 aromatic carbocycles. The average molecular weight is 730 g/mol. The van der Waals surface area contributed by atoms with Gasteiger partial charge in [-0.25, -0.2) is 18.0 Å². The van der Waals surface area contributed by atoms with Gasteiger partial charge in [0.15, 0.2) is 5.82 Å². The van der Waals surface area contributed by atoms with Crippen molar-refractivity contribution in [2.75, 3.05) is 53.2 Å². The topological polar surface area (TPSA) is 113 Å². The van der Waals surface area contributed by atoms with Gasteiger partial charge in [-0.05, 0) is 56.5 Å². The molecule has 4 aromatic rings. The second-order valence-corrected chi connectivity index (χ2v) is 14.3. The predicted octanol–water partition coefficient (Wildman–Crippen LogP) is 6.35. The van der Waals surface area contributed by atoms with Crippen LogP contribution in [-0.2, 0) is 4.79 Å². The van der Waals surface area contributed by atoms with Crippen LogP contribution in [0.5, 0.6) is 11.8 Å². The van der Waals surface area contributed by atoms with Crippen LogP contribution < -0.4 is 14.8 Å². The number of nitrogens with zero attached hydrogens (tertiary/aromatic N) is 6. The van der Waals surface area contributed by atoms with Crippen molar-refractivity contribution < 1.29 is 32.2 Å². The number of pyridine rings is 1. The first kappa shape index (κ1) is 37.3. The first-order valence-corrected chi connectivity index (χ1v) is 17.3. The van der Waals surface area contributed by atoms with E-state index in [2.05, 4.69) is 32.8 Å². The summed E-state index contributed by atoms with van der Waals surface area (Å²) in [4.78, 5) is 43.6. The summed E-state index contributed by atoms with van der Waals surface area (Å²) in [6.45, 7) is 6.05. The summed E-state index contributed by atoms with van der Waals surface area (Å²) in [5.74, 6) is 0.792. The van der Waals surface area contributed by atoms with Gasteiger partial charge in [0.2, 0.25) is 5.91 Å². The second-order valence-electron chi connectivity index (χ2n) is 14.3. The Morgan fingerprint density at radius 3 is 2.57 bits per heavy atom. The molecule has 2 fully saturated rings. The average Bonchev–Trinajstić information content (AvgIpc) is 3.72. The van der Waals surface area contributed by atoms with Crippen LogP contribution in [0.4, 0.5) is 23.8 Å². The Kier molecular flexibility index (Phi) is 10.2. The van der Waals surface area contributed by atoms with Gasteiger partial charge in [0.05, 0.1) is 22.0 Å². The van der Waals surface area contributed by atoms with Crippen molar-refractivity contribution in [1.82, 2.24) is 29.7 Å². The summed E-state index contributed by atoms with van der Waals surface area (Å²) < 4.78 is 58.2. The predicted molar refractivity (Wildman–Crippen MR) is 197 cm³/mol. The van der Waals surface area contributed by atoms with E-state index in [1.165, 1.54) is 55.5 Å². The van der Waals surface area contributed by atoms with Gasteiger partial charge in [-0.15, -0.1) is 6.42 Å². The van der Waals surface area contributed by atoms with Gasteiger partial charge in [-0.1, -0.05) is 31.4 Å². The van der Waals surface area contributed by atoms with Crippen molar-refractivity contribution in [3.8, 4) is 35.4 Å². The van der Waals surface area contributed by atoms with Crippen LogP contribution in [0.1, 0.15) is 44.6 Å². The number of fused-ring (bicyclic) bond motifs is 2. The number of benzene rings is 2. The summed E-state index contributed by atoms with van der Waals surface area (Å²) in [6.07, 6.45) is 10.2. The van der Waals surface area contributed by atoms with E-state index in [4.69, 9.17) is 15.9 Å². The Bertz CT molecular complexity index is 2150. The molecule has 1 saturated heterocycles. The highest BCUT2D eigenvalue weighted by Crippen LogP contribution is 2.40. The van der Waals surface area contributed by atoms with E-state index in [1.54, 1.807) is 19.0 Å². The highest BCUT2D eigenvalue weighted by atomic mass is 19.1. The first-order chi connectivity index (χ1) is 25.2. The van der Waals surface area contributed by atoms with Crippen LogP contribution in [0.25, 0.3) is 32.9 Å². The lowest BCUT2D eigenvalue weighted by Gasteiger charge is -2.38. The number of nitrogens with one attached hydrogen (secondary N) is 1. The molecule has 0 unspecified atom stereocenters. The normalized spacial score (nSPS) is 19.6. The fraction of sp³-hybridized carbons (Fsp3) is 0.410. The number of hydrogen-bond acceptors (Lipinski definition) is 9. The SMILES string of the molecule is C#Cc1c(F)ccc2cc(OC(=O)N(C)C)cc(-c3ncc4c(NCC5(N(C)C(=O)C=C)CCCC5)nc(OC[C@]5(C)C[C@@H](F)CN5C)nc4c3F)c12. The molecule has 0 bridgehead atoms. The van der Waals surface area contributed by atoms with Gasteiger partial charge in [-0.3, -0.25) is 14.7 Å². The van der Waals surface area contributed by atoms with Crippen LogP contribution in [0, 0.1) is 24.0 Å². The van der Waals surface area contributed by atoms with Gasteiger partial charge in [0.1, 0.15) is 41.4 Å². The number of halogens is 3. The minimum absolute atomic E-state index is 0.0175. The standard InChI is InChI=1S/C39H42F3N7O4/c1-8-26-29(41)13-12-23-16-25(53-37(51)47(4)5)17-27(31(23)26)33-32(42)34-28(19-43-33)35(44-21-39(14-10-11-15-39)49(7)30(50)9-2)46-36(45-34)52-22-38(3)18-24(40)20-48(38)6/h1,9,12-13,16-17,19,24H,2,10-11,14-15,18,20-22H2,3-7H3,(H,44,45,46)/t24-,38+/m1/s1.